The van der Waals surface area contributed by atoms with Crippen molar-refractivity contribution in [1.82, 2.24) is 4.72 Å². The SMILES string of the molecule is CCCCNS(=O)(=O)c1ccc(OCC(=O)Nc2cc(Cl)ccc2C)c(Cl)c1. The minimum absolute atomic E-state index is 0.0416. The van der Waals surface area contributed by atoms with E-state index in [0.717, 1.165) is 18.4 Å². The van der Waals surface area contributed by atoms with Crippen LogP contribution in [0.5, 0.6) is 5.75 Å². The van der Waals surface area contributed by atoms with Crippen molar-refractivity contribution >= 4 is 44.8 Å². The molecule has 0 unspecified atom stereocenters. The molecule has 0 saturated carbocycles. The van der Waals surface area contributed by atoms with E-state index < -0.39 is 10.0 Å². The van der Waals surface area contributed by atoms with Gasteiger partial charge in [0.2, 0.25) is 10.0 Å². The topological polar surface area (TPSA) is 84.5 Å². The molecule has 2 aromatic carbocycles. The van der Waals surface area contributed by atoms with Crippen molar-refractivity contribution in [3.8, 4) is 5.75 Å². The van der Waals surface area contributed by atoms with Gasteiger partial charge in [-0.2, -0.15) is 0 Å². The number of carbonyl (C=O) groups is 1. The molecule has 2 aromatic rings. The van der Waals surface area contributed by atoms with Crippen molar-refractivity contribution in [2.45, 2.75) is 31.6 Å². The zero-order chi connectivity index (χ0) is 20.7. The standard InChI is InChI=1S/C19H22Cl2N2O4S/c1-3-4-9-22-28(25,26)15-7-8-18(16(21)11-15)27-12-19(24)23-17-10-14(20)6-5-13(17)2/h5-8,10-11,22H,3-4,9,12H2,1-2H3,(H,23,24). The van der Waals surface area contributed by atoms with Crippen LogP contribution in [-0.4, -0.2) is 27.5 Å². The molecule has 0 atom stereocenters. The van der Waals surface area contributed by atoms with Crippen LogP contribution in [-0.2, 0) is 14.8 Å². The lowest BCUT2D eigenvalue weighted by Crippen LogP contribution is -2.24. The van der Waals surface area contributed by atoms with Gasteiger partial charge in [0.05, 0.1) is 9.92 Å². The Balaban J connectivity index is 1.99. The first-order valence-electron chi connectivity index (χ1n) is 8.71. The first-order chi connectivity index (χ1) is 13.2. The summed E-state index contributed by atoms with van der Waals surface area (Å²) < 4.78 is 32.4. The van der Waals surface area contributed by atoms with Crippen molar-refractivity contribution in [2.24, 2.45) is 0 Å². The van der Waals surface area contributed by atoms with Crippen LogP contribution in [0.25, 0.3) is 0 Å². The molecule has 1 amide bonds. The third-order valence-electron chi connectivity index (χ3n) is 3.87. The number of unbranched alkanes of at least 4 members (excludes halogenated alkanes) is 1. The zero-order valence-electron chi connectivity index (χ0n) is 15.6. The fraction of sp³-hybridized carbons (Fsp3) is 0.316. The van der Waals surface area contributed by atoms with Gasteiger partial charge in [-0.1, -0.05) is 42.6 Å². The molecule has 6 nitrogen and oxygen atoms in total. The van der Waals surface area contributed by atoms with Crippen molar-refractivity contribution in [3.63, 3.8) is 0 Å². The van der Waals surface area contributed by atoms with Crippen LogP contribution in [0.2, 0.25) is 10.0 Å². The van der Waals surface area contributed by atoms with Crippen molar-refractivity contribution in [3.05, 3.63) is 52.0 Å². The minimum atomic E-state index is -3.63. The third kappa shape index (κ3) is 6.38. The maximum atomic E-state index is 12.2. The fourth-order valence-corrected chi connectivity index (χ4v) is 3.86. The number of hydrogen-bond donors (Lipinski definition) is 2. The van der Waals surface area contributed by atoms with Gasteiger partial charge in [0.1, 0.15) is 5.75 Å². The summed E-state index contributed by atoms with van der Waals surface area (Å²) in [6, 6.07) is 9.28. The highest BCUT2D eigenvalue weighted by molar-refractivity contribution is 7.89. The van der Waals surface area contributed by atoms with Gasteiger partial charge in [-0.05, 0) is 49.2 Å². The minimum Gasteiger partial charge on any atom is -0.482 e. The summed E-state index contributed by atoms with van der Waals surface area (Å²) in [6.45, 7) is 3.89. The number of rotatable bonds is 9. The van der Waals surface area contributed by atoms with Gasteiger partial charge in [0.25, 0.3) is 5.91 Å². The lowest BCUT2D eigenvalue weighted by molar-refractivity contribution is -0.118. The largest absolute Gasteiger partial charge is 0.482 e. The molecule has 0 aliphatic heterocycles. The molecule has 0 aliphatic rings. The molecule has 0 saturated heterocycles. The average Bonchev–Trinajstić information content (AvgIpc) is 2.63. The molecule has 0 aromatic heterocycles. The predicted octanol–water partition coefficient (Wildman–Crippen LogP) is 4.40. The second-order valence-electron chi connectivity index (χ2n) is 6.14. The van der Waals surface area contributed by atoms with Gasteiger partial charge in [0.15, 0.2) is 6.61 Å². The number of anilines is 1. The second-order valence-corrected chi connectivity index (χ2v) is 8.75. The van der Waals surface area contributed by atoms with Gasteiger partial charge in [-0.15, -0.1) is 0 Å². The molecule has 0 heterocycles. The summed E-state index contributed by atoms with van der Waals surface area (Å²) in [5.41, 5.74) is 1.45. The van der Waals surface area contributed by atoms with Crippen LogP contribution in [0.4, 0.5) is 5.69 Å². The Labute approximate surface area is 175 Å². The van der Waals surface area contributed by atoms with Crippen LogP contribution in [0.15, 0.2) is 41.3 Å². The maximum absolute atomic E-state index is 12.2. The number of carbonyl (C=O) groups excluding carboxylic acids is 1. The van der Waals surface area contributed by atoms with Crippen LogP contribution in [0.3, 0.4) is 0 Å². The molecule has 28 heavy (non-hydrogen) atoms. The van der Waals surface area contributed by atoms with E-state index in [0.29, 0.717) is 17.3 Å². The van der Waals surface area contributed by atoms with E-state index in [1.54, 1.807) is 18.2 Å². The van der Waals surface area contributed by atoms with Gasteiger partial charge in [-0.3, -0.25) is 4.79 Å². The quantitative estimate of drug-likeness (QED) is 0.561. The second kappa shape index (κ2) is 10.1. The summed E-state index contributed by atoms with van der Waals surface area (Å²) in [6.07, 6.45) is 1.63. The van der Waals surface area contributed by atoms with E-state index in [9.17, 15) is 13.2 Å². The van der Waals surface area contributed by atoms with Crippen molar-refractivity contribution in [2.75, 3.05) is 18.5 Å². The van der Waals surface area contributed by atoms with Crippen LogP contribution < -0.4 is 14.8 Å². The van der Waals surface area contributed by atoms with E-state index >= 15 is 0 Å². The van der Waals surface area contributed by atoms with E-state index in [1.165, 1.54) is 18.2 Å². The third-order valence-corrected chi connectivity index (χ3v) is 5.86. The number of sulfonamides is 1. The zero-order valence-corrected chi connectivity index (χ0v) is 17.9. The van der Waals surface area contributed by atoms with E-state index in [2.05, 4.69) is 10.0 Å². The molecule has 0 fully saturated rings. The summed E-state index contributed by atoms with van der Waals surface area (Å²) in [4.78, 5) is 12.1. The highest BCUT2D eigenvalue weighted by Crippen LogP contribution is 2.27. The molecule has 2 N–H and O–H groups in total. The predicted molar refractivity (Wildman–Crippen MR) is 112 cm³/mol. The highest BCUT2D eigenvalue weighted by atomic mass is 35.5. The number of nitrogens with one attached hydrogen (secondary N) is 2. The first kappa shape index (κ1) is 22.5. The van der Waals surface area contributed by atoms with Crippen molar-refractivity contribution < 1.29 is 17.9 Å². The molecule has 9 heteroatoms. The lowest BCUT2D eigenvalue weighted by atomic mass is 10.2. The van der Waals surface area contributed by atoms with E-state index in [4.69, 9.17) is 27.9 Å². The number of halogens is 2. The number of amides is 1. The summed E-state index contributed by atoms with van der Waals surface area (Å²) in [5, 5.41) is 3.32. The van der Waals surface area contributed by atoms with Gasteiger partial charge < -0.3 is 10.1 Å². The molecule has 0 aliphatic carbocycles. The molecule has 0 spiro atoms. The van der Waals surface area contributed by atoms with E-state index in [-0.39, 0.29) is 28.2 Å². The van der Waals surface area contributed by atoms with Crippen LogP contribution in [0.1, 0.15) is 25.3 Å². The van der Waals surface area contributed by atoms with Crippen LogP contribution in [0, 0.1) is 6.92 Å². The van der Waals surface area contributed by atoms with Gasteiger partial charge in [-0.25, -0.2) is 13.1 Å². The number of hydrogen-bond acceptors (Lipinski definition) is 4. The number of benzene rings is 2. The Bertz CT molecular complexity index is 949. The molecular weight excluding hydrogens is 423 g/mol. The Morgan fingerprint density at radius 2 is 1.89 bits per heavy atom. The number of aryl methyl sites for hydroxylation is 1. The fourth-order valence-electron chi connectivity index (χ4n) is 2.29. The van der Waals surface area contributed by atoms with Crippen LogP contribution >= 0.6 is 23.2 Å². The Morgan fingerprint density at radius 1 is 1.14 bits per heavy atom. The maximum Gasteiger partial charge on any atom is 0.262 e. The summed E-state index contributed by atoms with van der Waals surface area (Å²) >= 11 is 12.1. The molecular formula is C19H22Cl2N2O4S. The van der Waals surface area contributed by atoms with Gasteiger partial charge >= 0.3 is 0 Å². The van der Waals surface area contributed by atoms with Gasteiger partial charge in [0, 0.05) is 17.3 Å². The summed E-state index contributed by atoms with van der Waals surface area (Å²) in [5.74, 6) is -0.175. The molecule has 0 bridgehead atoms. The highest BCUT2D eigenvalue weighted by Gasteiger charge is 2.16. The Kier molecular flexibility index (Phi) is 8.12. The lowest BCUT2D eigenvalue weighted by Gasteiger charge is -2.12. The molecule has 0 radical (unpaired) electrons. The summed E-state index contributed by atoms with van der Waals surface area (Å²) in [7, 11) is -3.63. The smallest absolute Gasteiger partial charge is 0.262 e. The molecule has 152 valence electrons. The Morgan fingerprint density at radius 3 is 2.57 bits per heavy atom. The Hall–Kier alpha value is -1.80. The average molecular weight is 445 g/mol. The monoisotopic (exact) mass is 444 g/mol. The number of ether oxygens (including phenoxy) is 1. The van der Waals surface area contributed by atoms with E-state index in [1.807, 2.05) is 13.8 Å². The first-order valence-corrected chi connectivity index (χ1v) is 10.9. The normalized spacial score (nSPS) is 11.3. The molecule has 2 rings (SSSR count). The van der Waals surface area contributed by atoms with Crippen molar-refractivity contribution in [1.29, 1.82) is 0 Å².